The van der Waals surface area contributed by atoms with E-state index in [0.29, 0.717) is 6.54 Å². The van der Waals surface area contributed by atoms with E-state index in [4.69, 9.17) is 4.74 Å². The number of sulfonamides is 1. The van der Waals surface area contributed by atoms with Crippen molar-refractivity contribution >= 4 is 21.6 Å². The summed E-state index contributed by atoms with van der Waals surface area (Å²) in [6.07, 6.45) is 3.31. The van der Waals surface area contributed by atoms with Gasteiger partial charge in [-0.3, -0.25) is 14.4 Å². The van der Waals surface area contributed by atoms with Crippen LogP contribution in [0.3, 0.4) is 0 Å². The number of benzene rings is 2. The van der Waals surface area contributed by atoms with E-state index in [0.717, 1.165) is 43.5 Å². The van der Waals surface area contributed by atoms with Crippen LogP contribution in [0.1, 0.15) is 34.8 Å². The molecule has 1 atom stereocenters. The van der Waals surface area contributed by atoms with Gasteiger partial charge in [-0.25, -0.2) is 8.42 Å². The number of methoxy groups -OCH3 is 1. The van der Waals surface area contributed by atoms with E-state index in [-0.39, 0.29) is 23.2 Å². The highest BCUT2D eigenvalue weighted by Crippen LogP contribution is 2.31. The molecule has 8 heteroatoms. The van der Waals surface area contributed by atoms with Crippen LogP contribution >= 0.6 is 0 Å². The monoisotopic (exact) mass is 417 g/mol. The second-order valence-corrected chi connectivity index (χ2v) is 8.88. The zero-order valence-electron chi connectivity index (χ0n) is 16.7. The maximum Gasteiger partial charge on any atom is 0.253 e. The molecule has 1 aliphatic rings. The number of para-hydroxylation sites is 2. The van der Waals surface area contributed by atoms with E-state index in [1.807, 2.05) is 24.3 Å². The van der Waals surface area contributed by atoms with Gasteiger partial charge in [-0.15, -0.1) is 0 Å². The molecule has 0 spiro atoms. The Morgan fingerprint density at radius 1 is 1.10 bits per heavy atom. The molecule has 0 aromatic heterocycles. The van der Waals surface area contributed by atoms with Crippen LogP contribution in [0.2, 0.25) is 0 Å². The van der Waals surface area contributed by atoms with Crippen LogP contribution in [-0.4, -0.2) is 52.2 Å². The molecule has 156 valence electrons. The van der Waals surface area contributed by atoms with E-state index >= 15 is 0 Å². The zero-order valence-corrected chi connectivity index (χ0v) is 17.5. The molecule has 2 aromatic carbocycles. The maximum absolute atomic E-state index is 12.9. The minimum Gasteiger partial charge on any atom is -0.496 e. The molecule has 0 radical (unpaired) electrons. The molecule has 7 nitrogen and oxygen atoms in total. The summed E-state index contributed by atoms with van der Waals surface area (Å²) in [7, 11) is -1.84. The van der Waals surface area contributed by atoms with Gasteiger partial charge in [0.25, 0.3) is 5.91 Å². The van der Waals surface area contributed by atoms with Crippen LogP contribution in [0.15, 0.2) is 48.5 Å². The standard InChI is InChI=1S/C21H27N3O4S/c1-28-20-12-6-4-10-17(20)19(24-13-7-8-14-24)15-22-21(25)16-9-3-5-11-18(16)23-29(2,26)27/h3-6,9-12,19,23H,7-8,13-15H2,1-2H3,(H,22,25). The first-order chi connectivity index (χ1) is 13.9. The fourth-order valence-corrected chi connectivity index (χ4v) is 4.26. The van der Waals surface area contributed by atoms with Crippen LogP contribution in [0.5, 0.6) is 5.75 Å². The SMILES string of the molecule is COc1ccccc1C(CNC(=O)c1ccccc1NS(C)(=O)=O)N1CCCC1. The lowest BCUT2D eigenvalue weighted by atomic mass is 10.0. The molecule has 1 aliphatic heterocycles. The van der Waals surface area contributed by atoms with Gasteiger partial charge in [-0.2, -0.15) is 0 Å². The number of hydrogen-bond donors (Lipinski definition) is 2. The third-order valence-corrected chi connectivity index (χ3v) is 5.59. The minimum atomic E-state index is -3.48. The molecule has 2 N–H and O–H groups in total. The Hall–Kier alpha value is -2.58. The van der Waals surface area contributed by atoms with Crippen LogP contribution in [0, 0.1) is 0 Å². The molecule has 3 rings (SSSR count). The Morgan fingerprint density at radius 3 is 2.45 bits per heavy atom. The number of nitrogens with zero attached hydrogens (tertiary/aromatic N) is 1. The van der Waals surface area contributed by atoms with E-state index in [2.05, 4.69) is 14.9 Å². The molecule has 0 aliphatic carbocycles. The number of carbonyl (C=O) groups excluding carboxylic acids is 1. The van der Waals surface area contributed by atoms with Crippen LogP contribution < -0.4 is 14.8 Å². The van der Waals surface area contributed by atoms with Crippen molar-refractivity contribution in [3.63, 3.8) is 0 Å². The summed E-state index contributed by atoms with van der Waals surface area (Å²) in [5, 5.41) is 2.98. The molecule has 0 bridgehead atoms. The second kappa shape index (κ2) is 9.28. The van der Waals surface area contributed by atoms with Gasteiger partial charge in [0.1, 0.15) is 5.75 Å². The van der Waals surface area contributed by atoms with E-state index in [1.54, 1.807) is 31.4 Å². The van der Waals surface area contributed by atoms with Crippen LogP contribution in [0.4, 0.5) is 5.69 Å². The molecule has 1 unspecified atom stereocenters. The fraction of sp³-hybridized carbons (Fsp3) is 0.381. The van der Waals surface area contributed by atoms with Crippen LogP contribution in [0.25, 0.3) is 0 Å². The van der Waals surface area contributed by atoms with Gasteiger partial charge in [0.15, 0.2) is 0 Å². The van der Waals surface area contributed by atoms with E-state index in [9.17, 15) is 13.2 Å². The molecule has 1 saturated heterocycles. The number of nitrogens with one attached hydrogen (secondary N) is 2. The van der Waals surface area contributed by atoms with Gasteiger partial charge in [0.2, 0.25) is 10.0 Å². The number of ether oxygens (including phenoxy) is 1. The molecule has 2 aromatic rings. The fourth-order valence-electron chi connectivity index (χ4n) is 3.69. The first-order valence-electron chi connectivity index (χ1n) is 9.61. The topological polar surface area (TPSA) is 87.7 Å². The van der Waals surface area contributed by atoms with Crippen molar-refractivity contribution in [1.82, 2.24) is 10.2 Å². The Bertz CT molecular complexity index is 956. The summed E-state index contributed by atoms with van der Waals surface area (Å²) >= 11 is 0. The molecule has 1 heterocycles. The van der Waals surface area contributed by atoms with Gasteiger partial charge in [-0.05, 0) is 44.1 Å². The van der Waals surface area contributed by atoms with Crippen molar-refractivity contribution in [2.75, 3.05) is 37.7 Å². The van der Waals surface area contributed by atoms with Crippen molar-refractivity contribution in [3.05, 3.63) is 59.7 Å². The molecule has 1 amide bonds. The van der Waals surface area contributed by atoms with Crippen molar-refractivity contribution in [2.24, 2.45) is 0 Å². The third kappa shape index (κ3) is 5.48. The molecule has 0 saturated carbocycles. The van der Waals surface area contributed by atoms with Crippen molar-refractivity contribution in [2.45, 2.75) is 18.9 Å². The van der Waals surface area contributed by atoms with Gasteiger partial charge >= 0.3 is 0 Å². The Balaban J connectivity index is 1.81. The normalized spacial score (nSPS) is 15.7. The molecular weight excluding hydrogens is 390 g/mol. The van der Waals surface area contributed by atoms with Crippen molar-refractivity contribution in [3.8, 4) is 5.75 Å². The first kappa shape index (κ1) is 21.1. The number of carbonyl (C=O) groups is 1. The maximum atomic E-state index is 12.9. The summed E-state index contributed by atoms with van der Waals surface area (Å²) in [5.74, 6) is 0.466. The summed E-state index contributed by atoms with van der Waals surface area (Å²) in [5.41, 5.74) is 1.58. The van der Waals surface area contributed by atoms with Gasteiger partial charge < -0.3 is 10.1 Å². The highest BCUT2D eigenvalue weighted by Gasteiger charge is 2.26. The highest BCUT2D eigenvalue weighted by molar-refractivity contribution is 7.92. The first-order valence-corrected chi connectivity index (χ1v) is 11.5. The molecule has 29 heavy (non-hydrogen) atoms. The Morgan fingerprint density at radius 2 is 1.76 bits per heavy atom. The second-order valence-electron chi connectivity index (χ2n) is 7.13. The van der Waals surface area contributed by atoms with E-state index < -0.39 is 10.0 Å². The van der Waals surface area contributed by atoms with Gasteiger partial charge in [-0.1, -0.05) is 30.3 Å². The number of amides is 1. The molecular formula is C21H27N3O4S. The highest BCUT2D eigenvalue weighted by atomic mass is 32.2. The summed E-state index contributed by atoms with van der Waals surface area (Å²) in [6, 6.07) is 14.4. The minimum absolute atomic E-state index is 0.0207. The number of likely N-dealkylation sites (tertiary alicyclic amines) is 1. The predicted molar refractivity (Wildman–Crippen MR) is 114 cm³/mol. The number of anilines is 1. The van der Waals surface area contributed by atoms with Crippen LogP contribution in [-0.2, 0) is 10.0 Å². The average molecular weight is 418 g/mol. The Labute approximate surface area is 172 Å². The largest absolute Gasteiger partial charge is 0.496 e. The summed E-state index contributed by atoms with van der Waals surface area (Å²) < 4.78 is 31.2. The van der Waals surface area contributed by atoms with E-state index in [1.165, 1.54) is 0 Å². The lowest BCUT2D eigenvalue weighted by molar-refractivity contribution is 0.0938. The predicted octanol–water partition coefficient (Wildman–Crippen LogP) is 2.63. The summed E-state index contributed by atoms with van der Waals surface area (Å²) in [6.45, 7) is 2.32. The van der Waals surface area contributed by atoms with Crippen molar-refractivity contribution < 1.29 is 17.9 Å². The van der Waals surface area contributed by atoms with Crippen molar-refractivity contribution in [1.29, 1.82) is 0 Å². The summed E-state index contributed by atoms with van der Waals surface area (Å²) in [4.78, 5) is 15.2. The lowest BCUT2D eigenvalue weighted by Crippen LogP contribution is -2.37. The zero-order chi connectivity index (χ0) is 20.9. The number of rotatable bonds is 8. The lowest BCUT2D eigenvalue weighted by Gasteiger charge is -2.29. The van der Waals surface area contributed by atoms with Gasteiger partial charge in [0.05, 0.1) is 30.7 Å². The van der Waals surface area contributed by atoms with Gasteiger partial charge in [0, 0.05) is 12.1 Å². The Kier molecular flexibility index (Phi) is 6.76. The molecule has 1 fully saturated rings. The average Bonchev–Trinajstić information content (AvgIpc) is 3.22. The number of hydrogen-bond acceptors (Lipinski definition) is 5. The quantitative estimate of drug-likeness (QED) is 0.689. The smallest absolute Gasteiger partial charge is 0.253 e. The third-order valence-electron chi connectivity index (χ3n) is 5.00.